The lowest BCUT2D eigenvalue weighted by Crippen LogP contribution is -2.33. The van der Waals surface area contributed by atoms with Crippen molar-refractivity contribution in [1.82, 2.24) is 15.1 Å². The highest BCUT2D eigenvalue weighted by atomic mass is 16.4. The van der Waals surface area contributed by atoms with Gasteiger partial charge in [-0.2, -0.15) is 5.10 Å². The molecule has 0 spiro atoms. The molecule has 0 fully saturated rings. The average Bonchev–Trinajstić information content (AvgIpc) is 2.82. The van der Waals surface area contributed by atoms with Crippen LogP contribution in [0.2, 0.25) is 0 Å². The predicted octanol–water partition coefficient (Wildman–Crippen LogP) is 2.11. The number of nitrogens with one attached hydrogen (secondary N) is 1. The molecule has 1 unspecified atom stereocenters. The summed E-state index contributed by atoms with van der Waals surface area (Å²) >= 11 is 0. The quantitative estimate of drug-likeness (QED) is 0.842. The maximum Gasteiger partial charge on any atom is 0.308 e. The van der Waals surface area contributed by atoms with E-state index in [2.05, 4.69) is 10.4 Å². The number of rotatable bonds is 6. The van der Waals surface area contributed by atoms with Crippen LogP contribution >= 0.6 is 0 Å². The van der Waals surface area contributed by atoms with Crippen LogP contribution in [0.5, 0.6) is 0 Å². The molecule has 0 aliphatic heterocycles. The van der Waals surface area contributed by atoms with Crippen molar-refractivity contribution in [1.29, 1.82) is 0 Å². The summed E-state index contributed by atoms with van der Waals surface area (Å²) in [5.41, 5.74) is 0.248. The van der Waals surface area contributed by atoms with Crippen molar-refractivity contribution >= 4 is 11.9 Å². The van der Waals surface area contributed by atoms with Crippen LogP contribution in [0.15, 0.2) is 12.4 Å². The van der Waals surface area contributed by atoms with Crippen LogP contribution in [0.4, 0.5) is 0 Å². The Labute approximate surface area is 125 Å². The maximum absolute atomic E-state index is 12.0. The minimum Gasteiger partial charge on any atom is -0.481 e. The number of aromatic nitrogens is 2. The van der Waals surface area contributed by atoms with E-state index in [0.29, 0.717) is 12.0 Å². The fourth-order valence-corrected chi connectivity index (χ4v) is 1.97. The summed E-state index contributed by atoms with van der Waals surface area (Å²) < 4.78 is 1.71. The summed E-state index contributed by atoms with van der Waals surface area (Å²) in [5, 5.41) is 16.0. The van der Waals surface area contributed by atoms with E-state index in [0.717, 1.165) is 0 Å². The van der Waals surface area contributed by atoms with E-state index in [4.69, 9.17) is 5.11 Å². The molecule has 6 heteroatoms. The molecule has 1 heterocycles. The summed E-state index contributed by atoms with van der Waals surface area (Å²) in [6, 6.07) is 0. The van der Waals surface area contributed by atoms with E-state index in [-0.39, 0.29) is 23.9 Å². The SMILES string of the molecule is CC(C)CC(CNC(=O)c1cnn(C(C)(C)C)c1)C(=O)O. The molecular weight excluding hydrogens is 270 g/mol. The molecule has 1 aromatic heterocycles. The molecule has 0 bridgehead atoms. The van der Waals surface area contributed by atoms with Crippen LogP contribution in [0, 0.1) is 11.8 Å². The molecule has 1 atom stereocenters. The van der Waals surface area contributed by atoms with Crippen LogP contribution in [0.1, 0.15) is 51.4 Å². The highest BCUT2D eigenvalue weighted by Crippen LogP contribution is 2.14. The Morgan fingerprint density at radius 3 is 2.43 bits per heavy atom. The normalized spacial score (nSPS) is 13.2. The van der Waals surface area contributed by atoms with Crippen molar-refractivity contribution in [2.45, 2.75) is 46.6 Å². The zero-order valence-corrected chi connectivity index (χ0v) is 13.4. The first-order valence-corrected chi connectivity index (χ1v) is 7.17. The molecule has 0 aromatic carbocycles. The van der Waals surface area contributed by atoms with E-state index in [1.165, 1.54) is 6.20 Å². The number of hydrogen-bond donors (Lipinski definition) is 2. The molecule has 1 aromatic rings. The van der Waals surface area contributed by atoms with Gasteiger partial charge in [0.2, 0.25) is 0 Å². The number of carbonyl (C=O) groups is 2. The maximum atomic E-state index is 12.0. The van der Waals surface area contributed by atoms with Crippen LogP contribution in [-0.2, 0) is 10.3 Å². The number of amides is 1. The lowest BCUT2D eigenvalue weighted by atomic mass is 9.97. The van der Waals surface area contributed by atoms with Gasteiger partial charge in [0.25, 0.3) is 5.91 Å². The first-order valence-electron chi connectivity index (χ1n) is 7.17. The molecule has 0 aliphatic rings. The van der Waals surface area contributed by atoms with Gasteiger partial charge in [-0.25, -0.2) is 0 Å². The molecular formula is C15H25N3O3. The number of carbonyl (C=O) groups excluding carboxylic acids is 1. The van der Waals surface area contributed by atoms with Gasteiger partial charge in [0.1, 0.15) is 0 Å². The Kier molecular flexibility index (Phi) is 5.52. The monoisotopic (exact) mass is 295 g/mol. The first-order chi connectivity index (χ1) is 9.61. The van der Waals surface area contributed by atoms with Crippen LogP contribution in [0.25, 0.3) is 0 Å². The van der Waals surface area contributed by atoms with Gasteiger partial charge in [-0.15, -0.1) is 0 Å². The van der Waals surface area contributed by atoms with Gasteiger partial charge in [-0.3, -0.25) is 14.3 Å². The molecule has 0 saturated carbocycles. The van der Waals surface area contributed by atoms with Crippen molar-refractivity contribution in [3.05, 3.63) is 18.0 Å². The lowest BCUT2D eigenvalue weighted by molar-refractivity contribution is -0.142. The van der Waals surface area contributed by atoms with Crippen molar-refractivity contribution in [2.24, 2.45) is 11.8 Å². The van der Waals surface area contributed by atoms with E-state index >= 15 is 0 Å². The Morgan fingerprint density at radius 2 is 2.00 bits per heavy atom. The Balaban J connectivity index is 2.64. The highest BCUT2D eigenvalue weighted by molar-refractivity contribution is 5.93. The lowest BCUT2D eigenvalue weighted by Gasteiger charge is -2.18. The van der Waals surface area contributed by atoms with E-state index in [1.807, 2.05) is 34.6 Å². The molecule has 1 amide bonds. The number of aliphatic carboxylic acids is 1. The molecule has 0 aliphatic carbocycles. The molecule has 0 radical (unpaired) electrons. The third-order valence-corrected chi connectivity index (χ3v) is 3.15. The summed E-state index contributed by atoms with van der Waals surface area (Å²) in [4.78, 5) is 23.2. The van der Waals surface area contributed by atoms with Gasteiger partial charge in [-0.1, -0.05) is 13.8 Å². The number of carboxylic acid groups (broad SMARTS) is 1. The minimum absolute atomic E-state index is 0.132. The van der Waals surface area contributed by atoms with Gasteiger partial charge in [0.05, 0.1) is 23.2 Å². The van der Waals surface area contributed by atoms with Crippen LogP contribution in [-0.4, -0.2) is 33.3 Å². The number of hydrogen-bond acceptors (Lipinski definition) is 3. The number of nitrogens with zero attached hydrogens (tertiary/aromatic N) is 2. The summed E-state index contributed by atoms with van der Waals surface area (Å²) in [5.74, 6) is -1.46. The largest absolute Gasteiger partial charge is 0.481 e. The van der Waals surface area contributed by atoms with Crippen molar-refractivity contribution < 1.29 is 14.7 Å². The first kappa shape index (κ1) is 17.2. The van der Waals surface area contributed by atoms with Gasteiger partial charge in [0, 0.05) is 12.7 Å². The van der Waals surface area contributed by atoms with E-state index in [1.54, 1.807) is 10.9 Å². The van der Waals surface area contributed by atoms with Crippen molar-refractivity contribution in [2.75, 3.05) is 6.54 Å². The van der Waals surface area contributed by atoms with Crippen molar-refractivity contribution in [3.63, 3.8) is 0 Å². The third-order valence-electron chi connectivity index (χ3n) is 3.15. The van der Waals surface area contributed by atoms with Gasteiger partial charge >= 0.3 is 5.97 Å². The van der Waals surface area contributed by atoms with Crippen molar-refractivity contribution in [3.8, 4) is 0 Å². The van der Waals surface area contributed by atoms with Gasteiger partial charge < -0.3 is 10.4 Å². The van der Waals surface area contributed by atoms with Gasteiger partial charge in [-0.05, 0) is 33.1 Å². The summed E-state index contributed by atoms with van der Waals surface area (Å²) in [6.45, 7) is 10.0. The summed E-state index contributed by atoms with van der Waals surface area (Å²) in [6.07, 6.45) is 3.71. The second-order valence-corrected chi connectivity index (χ2v) is 6.72. The molecule has 2 N–H and O–H groups in total. The molecule has 118 valence electrons. The topological polar surface area (TPSA) is 84.2 Å². The number of carboxylic acids is 1. The molecule has 6 nitrogen and oxygen atoms in total. The molecule has 21 heavy (non-hydrogen) atoms. The molecule has 1 rings (SSSR count). The fraction of sp³-hybridized carbons (Fsp3) is 0.667. The third kappa shape index (κ3) is 5.21. The summed E-state index contributed by atoms with van der Waals surface area (Å²) in [7, 11) is 0. The molecule has 0 saturated heterocycles. The fourth-order valence-electron chi connectivity index (χ4n) is 1.97. The van der Waals surface area contributed by atoms with Crippen LogP contribution in [0.3, 0.4) is 0 Å². The Morgan fingerprint density at radius 1 is 1.38 bits per heavy atom. The Bertz CT molecular complexity index is 501. The zero-order valence-electron chi connectivity index (χ0n) is 13.4. The van der Waals surface area contributed by atoms with Crippen LogP contribution < -0.4 is 5.32 Å². The smallest absolute Gasteiger partial charge is 0.308 e. The average molecular weight is 295 g/mol. The second kappa shape index (κ2) is 6.74. The van der Waals surface area contributed by atoms with Gasteiger partial charge in [0.15, 0.2) is 0 Å². The minimum atomic E-state index is -0.880. The second-order valence-electron chi connectivity index (χ2n) is 6.72. The standard InChI is InChI=1S/C15H25N3O3/c1-10(2)6-11(14(20)21)7-16-13(19)12-8-17-18(9-12)15(3,4)5/h8-11H,6-7H2,1-5H3,(H,16,19)(H,20,21). The highest BCUT2D eigenvalue weighted by Gasteiger charge is 2.21. The van der Waals surface area contributed by atoms with E-state index in [9.17, 15) is 9.59 Å². The Hall–Kier alpha value is -1.85. The van der Waals surface area contributed by atoms with E-state index < -0.39 is 11.9 Å². The zero-order chi connectivity index (χ0) is 16.2. The predicted molar refractivity (Wildman–Crippen MR) is 80.1 cm³/mol.